The van der Waals surface area contributed by atoms with Crippen LogP contribution in [0.4, 0.5) is 0 Å². The van der Waals surface area contributed by atoms with Crippen molar-refractivity contribution in [3.05, 3.63) is 46.7 Å². The fraction of sp³-hybridized carbons (Fsp3) is 0.600. The highest BCUT2D eigenvalue weighted by molar-refractivity contribution is 5.88. The van der Waals surface area contributed by atoms with Crippen molar-refractivity contribution in [1.29, 1.82) is 0 Å². The normalized spacial score (nSPS) is 28.5. The number of ether oxygens (including phenoxy) is 3. The van der Waals surface area contributed by atoms with Crippen molar-refractivity contribution in [3.8, 4) is 5.75 Å². The van der Waals surface area contributed by atoms with Gasteiger partial charge in [-0.2, -0.15) is 0 Å². The van der Waals surface area contributed by atoms with Crippen LogP contribution in [0.15, 0.2) is 30.0 Å². The zero-order chi connectivity index (χ0) is 20.9. The Balaban J connectivity index is 1.99. The van der Waals surface area contributed by atoms with E-state index in [1.807, 2.05) is 0 Å². The van der Waals surface area contributed by atoms with Crippen LogP contribution in [0.25, 0.3) is 5.57 Å². The smallest absolute Gasteiger partial charge is 0.273 e. The van der Waals surface area contributed by atoms with Gasteiger partial charge >= 0.3 is 0 Å². The monoisotopic (exact) mass is 382 g/mol. The lowest BCUT2D eigenvalue weighted by molar-refractivity contribution is 0.127. The molecule has 0 radical (unpaired) electrons. The van der Waals surface area contributed by atoms with E-state index in [2.05, 4.69) is 86.6 Å². The highest BCUT2D eigenvalue weighted by Gasteiger charge is 2.82. The van der Waals surface area contributed by atoms with Crippen molar-refractivity contribution < 1.29 is 14.2 Å². The van der Waals surface area contributed by atoms with E-state index < -0.39 is 11.4 Å². The van der Waals surface area contributed by atoms with Gasteiger partial charge in [0.15, 0.2) is 5.60 Å². The summed E-state index contributed by atoms with van der Waals surface area (Å²) in [6, 6.07) is 4.61. The van der Waals surface area contributed by atoms with Gasteiger partial charge < -0.3 is 14.2 Å². The Morgan fingerprint density at radius 1 is 0.893 bits per heavy atom. The summed E-state index contributed by atoms with van der Waals surface area (Å²) in [5.74, 6) is 1.06. The van der Waals surface area contributed by atoms with Crippen molar-refractivity contribution in [1.82, 2.24) is 0 Å². The highest BCUT2D eigenvalue weighted by Crippen LogP contribution is 2.71. The number of methoxy groups -OCH3 is 1. The Morgan fingerprint density at radius 2 is 1.54 bits per heavy atom. The van der Waals surface area contributed by atoms with E-state index in [1.165, 1.54) is 11.1 Å². The standard InChI is InChI=1S/C25H34O3/c1-21(2,3)15-11-17-18-13-16(26-10)14-24(23(7,8)9)25(18,28-24)27-20(17)19(12-15)22(4,5)6/h11-14H,1-10H3. The molecule has 2 aliphatic heterocycles. The molecule has 1 aromatic rings. The number of allylic oxidation sites excluding steroid dienone is 1. The molecule has 0 saturated carbocycles. The van der Waals surface area contributed by atoms with Gasteiger partial charge in [0.25, 0.3) is 5.79 Å². The van der Waals surface area contributed by atoms with E-state index in [9.17, 15) is 0 Å². The maximum atomic E-state index is 6.73. The third-order valence-corrected chi connectivity index (χ3v) is 6.39. The highest BCUT2D eigenvalue weighted by atomic mass is 16.8. The van der Waals surface area contributed by atoms with Gasteiger partial charge in [0, 0.05) is 22.1 Å². The Kier molecular flexibility index (Phi) is 3.66. The second kappa shape index (κ2) is 5.24. The SMILES string of the molecule is COC1=CC2(C(C)(C)C)OC23Oc2c(cc(C(C)(C)C)cc2C(C)(C)C)C3=C1. The molecule has 152 valence electrons. The average Bonchev–Trinajstić information content (AvgIpc) is 3.11. The summed E-state index contributed by atoms with van der Waals surface area (Å²) >= 11 is 0. The Morgan fingerprint density at radius 3 is 2.04 bits per heavy atom. The number of hydrogen-bond donors (Lipinski definition) is 0. The molecule has 2 heterocycles. The van der Waals surface area contributed by atoms with E-state index >= 15 is 0 Å². The fourth-order valence-corrected chi connectivity index (χ4v) is 4.52. The lowest BCUT2D eigenvalue weighted by Crippen LogP contribution is -2.40. The van der Waals surface area contributed by atoms with Crippen LogP contribution in [0, 0.1) is 5.41 Å². The van der Waals surface area contributed by atoms with Crippen LogP contribution < -0.4 is 4.74 Å². The molecule has 0 N–H and O–H groups in total. The molecule has 2 unspecified atom stereocenters. The first-order chi connectivity index (χ1) is 12.7. The predicted octanol–water partition coefficient (Wildman–Crippen LogP) is 6.11. The van der Waals surface area contributed by atoms with E-state index in [4.69, 9.17) is 14.2 Å². The van der Waals surface area contributed by atoms with E-state index in [1.54, 1.807) is 7.11 Å². The van der Waals surface area contributed by atoms with Crippen LogP contribution in [0.3, 0.4) is 0 Å². The van der Waals surface area contributed by atoms with Crippen LogP contribution in [0.1, 0.15) is 79.0 Å². The quantitative estimate of drug-likeness (QED) is 0.549. The zero-order valence-corrected chi connectivity index (χ0v) is 19.0. The van der Waals surface area contributed by atoms with Gasteiger partial charge in [-0.25, -0.2) is 0 Å². The first kappa shape index (κ1) is 19.6. The Hall–Kier alpha value is -1.74. The lowest BCUT2D eigenvalue weighted by atomic mass is 9.72. The molecule has 1 aliphatic carbocycles. The fourth-order valence-electron chi connectivity index (χ4n) is 4.52. The van der Waals surface area contributed by atoms with Crippen LogP contribution in [-0.2, 0) is 20.3 Å². The van der Waals surface area contributed by atoms with Crippen molar-refractivity contribution in [3.63, 3.8) is 0 Å². The minimum absolute atomic E-state index is 0.0349. The molecular weight excluding hydrogens is 348 g/mol. The van der Waals surface area contributed by atoms with Crippen LogP contribution in [-0.4, -0.2) is 18.5 Å². The van der Waals surface area contributed by atoms with Gasteiger partial charge in [0.1, 0.15) is 11.5 Å². The molecule has 3 aliphatic rings. The molecule has 0 aromatic heterocycles. The zero-order valence-electron chi connectivity index (χ0n) is 19.0. The minimum atomic E-state index is -0.744. The number of epoxide rings is 1. The van der Waals surface area contributed by atoms with Gasteiger partial charge in [-0.1, -0.05) is 68.4 Å². The van der Waals surface area contributed by atoms with Crippen molar-refractivity contribution >= 4 is 5.57 Å². The molecule has 1 aromatic carbocycles. The summed E-state index contributed by atoms with van der Waals surface area (Å²) in [5.41, 5.74) is 4.14. The molecule has 28 heavy (non-hydrogen) atoms. The van der Waals surface area contributed by atoms with Gasteiger partial charge in [0.2, 0.25) is 0 Å². The minimum Gasteiger partial charge on any atom is -0.497 e. The maximum absolute atomic E-state index is 6.73. The first-order valence-electron chi connectivity index (χ1n) is 10.2. The van der Waals surface area contributed by atoms with Crippen molar-refractivity contribution in [2.75, 3.05) is 7.11 Å². The molecule has 0 bridgehead atoms. The van der Waals surface area contributed by atoms with Crippen LogP contribution >= 0.6 is 0 Å². The van der Waals surface area contributed by atoms with Gasteiger partial charge in [0.05, 0.1) is 7.11 Å². The van der Waals surface area contributed by atoms with Crippen LogP contribution in [0.2, 0.25) is 0 Å². The second-order valence-corrected chi connectivity index (χ2v) is 11.5. The largest absolute Gasteiger partial charge is 0.497 e. The summed E-state index contributed by atoms with van der Waals surface area (Å²) in [6.07, 6.45) is 4.20. The van der Waals surface area contributed by atoms with E-state index in [-0.39, 0.29) is 16.2 Å². The van der Waals surface area contributed by atoms with Gasteiger partial charge in [-0.3, -0.25) is 0 Å². The molecule has 1 saturated heterocycles. The maximum Gasteiger partial charge on any atom is 0.273 e. The summed E-state index contributed by atoms with van der Waals surface area (Å²) < 4.78 is 18.9. The Bertz CT molecular complexity index is 915. The topological polar surface area (TPSA) is 31.0 Å². The molecule has 4 rings (SSSR count). The molecule has 1 spiro atoms. The number of rotatable bonds is 1. The average molecular weight is 383 g/mol. The summed E-state index contributed by atoms with van der Waals surface area (Å²) in [4.78, 5) is 0. The molecular formula is C25H34O3. The number of hydrogen-bond acceptors (Lipinski definition) is 3. The van der Waals surface area contributed by atoms with Crippen molar-refractivity contribution in [2.45, 2.75) is 84.5 Å². The molecule has 2 atom stereocenters. The first-order valence-corrected chi connectivity index (χ1v) is 10.2. The second-order valence-electron chi connectivity index (χ2n) is 11.5. The molecule has 3 nitrogen and oxygen atoms in total. The molecule has 0 amide bonds. The predicted molar refractivity (Wildman–Crippen MR) is 114 cm³/mol. The summed E-state index contributed by atoms with van der Waals surface area (Å²) in [5, 5.41) is 0. The van der Waals surface area contributed by atoms with Crippen molar-refractivity contribution in [2.24, 2.45) is 5.41 Å². The van der Waals surface area contributed by atoms with Crippen LogP contribution in [0.5, 0.6) is 5.75 Å². The number of fused-ring (bicyclic) bond motifs is 2. The third kappa shape index (κ3) is 2.38. The number of benzene rings is 1. The lowest BCUT2D eigenvalue weighted by Gasteiger charge is -2.30. The third-order valence-electron chi connectivity index (χ3n) is 6.39. The molecule has 1 fully saturated rings. The molecule has 3 heteroatoms. The Labute approximate surface area is 169 Å². The van der Waals surface area contributed by atoms with Gasteiger partial charge in [-0.15, -0.1) is 0 Å². The van der Waals surface area contributed by atoms with Gasteiger partial charge in [-0.05, 0) is 34.6 Å². The van der Waals surface area contributed by atoms with E-state index in [0.29, 0.717) is 0 Å². The summed E-state index contributed by atoms with van der Waals surface area (Å²) in [6.45, 7) is 20.1. The summed E-state index contributed by atoms with van der Waals surface area (Å²) in [7, 11) is 1.72. The van der Waals surface area contributed by atoms with E-state index in [0.717, 1.165) is 22.6 Å².